The molecule has 8 nitrogen and oxygen atoms in total. The molecule has 1 aromatic carbocycles. The Hall–Kier alpha value is -3.89. The fourth-order valence-corrected chi connectivity index (χ4v) is 5.40. The summed E-state index contributed by atoms with van der Waals surface area (Å²) >= 11 is 0. The minimum absolute atomic E-state index is 0.0383. The molecule has 3 amide bonds. The third-order valence-electron chi connectivity index (χ3n) is 7.47. The molecule has 39 heavy (non-hydrogen) atoms. The maximum Gasteiger partial charge on any atom is 0.413 e. The van der Waals surface area contributed by atoms with Gasteiger partial charge in [-0.3, -0.25) is 14.8 Å². The highest BCUT2D eigenvalue weighted by atomic mass is 19.4. The number of likely N-dealkylation sites (tertiary alicyclic amines) is 1. The molecule has 0 bridgehead atoms. The summed E-state index contributed by atoms with van der Waals surface area (Å²) in [5.41, 5.74) is 4.06. The second-order valence-corrected chi connectivity index (χ2v) is 10.2. The van der Waals surface area contributed by atoms with E-state index in [0.29, 0.717) is 31.0 Å². The van der Waals surface area contributed by atoms with Gasteiger partial charge in [-0.2, -0.15) is 13.2 Å². The van der Waals surface area contributed by atoms with Crippen LogP contribution < -0.4 is 10.6 Å². The van der Waals surface area contributed by atoms with Gasteiger partial charge in [0.2, 0.25) is 5.91 Å². The molecule has 11 heteroatoms. The minimum Gasteiger partial charge on any atom is -0.354 e. The van der Waals surface area contributed by atoms with Crippen molar-refractivity contribution in [3.63, 3.8) is 0 Å². The molecule has 1 saturated carbocycles. The predicted molar refractivity (Wildman–Crippen MR) is 142 cm³/mol. The summed E-state index contributed by atoms with van der Waals surface area (Å²) in [6, 6.07) is 7.25. The summed E-state index contributed by atoms with van der Waals surface area (Å²) in [5.74, 6) is -0.945. The van der Waals surface area contributed by atoms with Crippen LogP contribution in [0.25, 0.3) is 11.0 Å². The number of carbonyl (C=O) groups excluding carboxylic acids is 2. The van der Waals surface area contributed by atoms with E-state index in [0.717, 1.165) is 40.0 Å². The molecule has 1 saturated heterocycles. The number of anilines is 2. The van der Waals surface area contributed by atoms with Gasteiger partial charge in [0, 0.05) is 44.6 Å². The monoisotopic (exact) mass is 540 g/mol. The van der Waals surface area contributed by atoms with Crippen LogP contribution in [0.1, 0.15) is 48.8 Å². The van der Waals surface area contributed by atoms with Gasteiger partial charge in [-0.1, -0.05) is 12.1 Å². The normalized spacial score (nSPS) is 18.5. The third-order valence-corrected chi connectivity index (χ3v) is 7.47. The van der Waals surface area contributed by atoms with Crippen molar-refractivity contribution in [3.8, 4) is 0 Å². The van der Waals surface area contributed by atoms with Gasteiger partial charge < -0.3 is 20.4 Å². The van der Waals surface area contributed by atoms with Crippen LogP contribution >= 0.6 is 0 Å². The van der Waals surface area contributed by atoms with Crippen LogP contribution in [0.5, 0.6) is 0 Å². The van der Waals surface area contributed by atoms with Crippen molar-refractivity contribution < 1.29 is 22.8 Å². The Morgan fingerprint density at radius 1 is 1.10 bits per heavy atom. The molecular formula is C28H31F3N6O2. The highest BCUT2D eigenvalue weighted by Gasteiger charge is 2.46. The van der Waals surface area contributed by atoms with Gasteiger partial charge in [0.15, 0.2) is 6.04 Å². The first-order valence-corrected chi connectivity index (χ1v) is 13.1. The SMILES string of the molecule is CNC(=O)N1CCC[C@H](C(=O)N(C)[C@@H](c2ccc(Nc3cnc4cccnc4c3C3CC3)cc2)C(F)(F)F)C1. The molecule has 2 aromatic heterocycles. The number of amides is 3. The average Bonchev–Trinajstić information content (AvgIpc) is 3.77. The minimum atomic E-state index is -4.68. The van der Waals surface area contributed by atoms with Crippen molar-refractivity contribution in [3.05, 3.63) is 59.9 Å². The van der Waals surface area contributed by atoms with E-state index in [2.05, 4.69) is 20.6 Å². The number of aromatic nitrogens is 2. The number of nitrogens with one attached hydrogen (secondary N) is 2. The molecule has 3 heterocycles. The van der Waals surface area contributed by atoms with E-state index in [4.69, 9.17) is 0 Å². The second kappa shape index (κ2) is 10.7. The summed E-state index contributed by atoms with van der Waals surface area (Å²) in [6.45, 7) is 0.559. The molecule has 2 aliphatic rings. The number of benzene rings is 1. The maximum absolute atomic E-state index is 14.3. The van der Waals surface area contributed by atoms with Crippen LogP contribution in [-0.4, -0.2) is 65.1 Å². The van der Waals surface area contributed by atoms with Crippen molar-refractivity contribution in [2.45, 2.75) is 43.8 Å². The van der Waals surface area contributed by atoms with E-state index >= 15 is 0 Å². The smallest absolute Gasteiger partial charge is 0.354 e. The van der Waals surface area contributed by atoms with E-state index in [1.54, 1.807) is 24.5 Å². The molecule has 5 rings (SSSR count). The van der Waals surface area contributed by atoms with Crippen LogP contribution in [0.3, 0.4) is 0 Å². The largest absolute Gasteiger partial charge is 0.413 e. The number of nitrogens with zero attached hydrogens (tertiary/aromatic N) is 4. The van der Waals surface area contributed by atoms with Crippen LogP contribution in [-0.2, 0) is 4.79 Å². The Bertz CT molecular complexity index is 1360. The number of halogens is 3. The second-order valence-electron chi connectivity index (χ2n) is 10.2. The van der Waals surface area contributed by atoms with E-state index in [-0.39, 0.29) is 18.1 Å². The lowest BCUT2D eigenvalue weighted by Crippen LogP contribution is -2.50. The van der Waals surface area contributed by atoms with E-state index < -0.39 is 24.0 Å². The van der Waals surface area contributed by atoms with Gasteiger partial charge in [-0.25, -0.2) is 4.79 Å². The van der Waals surface area contributed by atoms with Crippen LogP contribution in [0.15, 0.2) is 48.8 Å². The lowest BCUT2D eigenvalue weighted by molar-refractivity contribution is -0.191. The van der Waals surface area contributed by atoms with Crippen LogP contribution in [0.4, 0.5) is 29.3 Å². The summed E-state index contributed by atoms with van der Waals surface area (Å²) in [5, 5.41) is 5.82. The van der Waals surface area contributed by atoms with E-state index in [1.807, 2.05) is 12.1 Å². The molecule has 3 aromatic rings. The zero-order valence-corrected chi connectivity index (χ0v) is 21.8. The Balaban J connectivity index is 1.36. The number of pyridine rings is 2. The fourth-order valence-electron chi connectivity index (χ4n) is 5.40. The highest BCUT2D eigenvalue weighted by Crippen LogP contribution is 2.46. The number of hydrogen-bond donors (Lipinski definition) is 2. The van der Waals surface area contributed by atoms with E-state index in [1.165, 1.54) is 31.1 Å². The van der Waals surface area contributed by atoms with Crippen molar-refractivity contribution in [2.24, 2.45) is 5.92 Å². The number of alkyl halides is 3. The first kappa shape index (κ1) is 26.7. The number of hydrogen-bond acceptors (Lipinski definition) is 5. The number of carbonyl (C=O) groups is 2. The van der Waals surface area contributed by atoms with Crippen LogP contribution in [0, 0.1) is 5.92 Å². The summed E-state index contributed by atoms with van der Waals surface area (Å²) in [4.78, 5) is 36.4. The van der Waals surface area contributed by atoms with Crippen molar-refractivity contribution in [2.75, 3.05) is 32.5 Å². The Labute approximate surface area is 224 Å². The van der Waals surface area contributed by atoms with Gasteiger partial charge in [0.25, 0.3) is 0 Å². The molecule has 0 radical (unpaired) electrons. The predicted octanol–water partition coefficient (Wildman–Crippen LogP) is 5.36. The Morgan fingerprint density at radius 3 is 2.51 bits per heavy atom. The average molecular weight is 541 g/mol. The standard InChI is InChI=1S/C28H31F3N6O2/c1-32-27(39)37-14-4-5-19(16-37)26(38)36(2)25(28(29,30)31)18-9-11-20(12-10-18)35-22-15-34-21-6-3-13-33-24(21)23(22)17-7-8-17/h3,6,9-13,15,17,19,25,35H,4-5,7-8,14,16H2,1-2H3,(H,32,39)/t19-,25-/m0/s1. The number of rotatable bonds is 6. The quantitative estimate of drug-likeness (QED) is 0.439. The van der Waals surface area contributed by atoms with Crippen molar-refractivity contribution in [1.82, 2.24) is 25.1 Å². The highest BCUT2D eigenvalue weighted by molar-refractivity contribution is 5.85. The zero-order valence-electron chi connectivity index (χ0n) is 21.8. The Kier molecular flexibility index (Phi) is 7.33. The van der Waals surface area contributed by atoms with Crippen molar-refractivity contribution in [1.29, 1.82) is 0 Å². The number of piperidine rings is 1. The number of urea groups is 1. The lowest BCUT2D eigenvalue weighted by atomic mass is 9.95. The molecule has 1 aliphatic carbocycles. The first-order chi connectivity index (χ1) is 18.7. The Morgan fingerprint density at radius 2 is 1.85 bits per heavy atom. The summed E-state index contributed by atoms with van der Waals surface area (Å²) in [6.07, 6.45) is 1.88. The third kappa shape index (κ3) is 5.62. The lowest BCUT2D eigenvalue weighted by Gasteiger charge is -2.37. The topological polar surface area (TPSA) is 90.5 Å². The zero-order chi connectivity index (χ0) is 27.7. The first-order valence-electron chi connectivity index (χ1n) is 13.1. The molecular weight excluding hydrogens is 509 g/mol. The van der Waals surface area contributed by atoms with Crippen molar-refractivity contribution >= 4 is 34.3 Å². The van der Waals surface area contributed by atoms with Gasteiger partial charge >= 0.3 is 12.2 Å². The molecule has 2 N–H and O–H groups in total. The summed E-state index contributed by atoms with van der Waals surface area (Å²) in [7, 11) is 2.67. The molecule has 2 fully saturated rings. The van der Waals surface area contributed by atoms with Gasteiger partial charge in [0.05, 0.1) is 28.8 Å². The van der Waals surface area contributed by atoms with Gasteiger partial charge in [-0.15, -0.1) is 0 Å². The molecule has 1 aliphatic heterocycles. The molecule has 0 spiro atoms. The molecule has 2 atom stereocenters. The van der Waals surface area contributed by atoms with Gasteiger partial charge in [-0.05, 0) is 61.4 Å². The van der Waals surface area contributed by atoms with Crippen LogP contribution in [0.2, 0.25) is 0 Å². The fraction of sp³-hybridized carbons (Fsp3) is 0.429. The summed E-state index contributed by atoms with van der Waals surface area (Å²) < 4.78 is 42.9. The van der Waals surface area contributed by atoms with Gasteiger partial charge in [0.1, 0.15) is 0 Å². The maximum atomic E-state index is 14.3. The van der Waals surface area contributed by atoms with E-state index in [9.17, 15) is 22.8 Å². The molecule has 206 valence electrons. The molecule has 0 unspecified atom stereocenters. The number of fused-ring (bicyclic) bond motifs is 1.